The molecule has 1 N–H and O–H groups in total. The summed E-state index contributed by atoms with van der Waals surface area (Å²) in [5.41, 5.74) is 1.92. The lowest BCUT2D eigenvalue weighted by Crippen LogP contribution is -2.51. The van der Waals surface area contributed by atoms with E-state index in [0.717, 1.165) is 21.9 Å². The average molecular weight is 494 g/mol. The number of rotatable bonds is 10. The molecule has 180 valence electrons. The predicted octanol–water partition coefficient (Wildman–Crippen LogP) is 3.60. The predicted molar refractivity (Wildman–Crippen MR) is 130 cm³/mol. The fourth-order valence-corrected chi connectivity index (χ4v) is 4.34. The summed E-state index contributed by atoms with van der Waals surface area (Å²) in [6.45, 7) is 7.24. The molecule has 2 aromatic carbocycles. The monoisotopic (exact) mass is 493 g/mol. The molecule has 33 heavy (non-hydrogen) atoms. The van der Waals surface area contributed by atoms with Gasteiger partial charge in [0.15, 0.2) is 0 Å². The molecular weight excluding hydrogens is 462 g/mol. The number of hydrogen-bond donors (Lipinski definition) is 1. The van der Waals surface area contributed by atoms with Gasteiger partial charge in [-0.15, -0.1) is 0 Å². The van der Waals surface area contributed by atoms with Crippen LogP contribution in [0.5, 0.6) is 0 Å². The molecule has 0 spiro atoms. The molecule has 0 aliphatic carbocycles. The smallest absolute Gasteiger partial charge is 0.243 e. The van der Waals surface area contributed by atoms with Crippen molar-refractivity contribution >= 4 is 33.4 Å². The summed E-state index contributed by atoms with van der Waals surface area (Å²) in [5.74, 6) is -0.754. The van der Waals surface area contributed by atoms with Gasteiger partial charge in [0, 0.05) is 24.7 Å². The van der Waals surface area contributed by atoms with E-state index in [1.165, 1.54) is 36.2 Å². The zero-order valence-corrected chi connectivity index (χ0v) is 21.3. The first kappa shape index (κ1) is 26.8. The fourth-order valence-electron chi connectivity index (χ4n) is 3.09. The molecule has 2 atom stereocenters. The Morgan fingerprint density at radius 2 is 1.61 bits per heavy atom. The van der Waals surface area contributed by atoms with Gasteiger partial charge in [0.05, 0.1) is 11.4 Å². The van der Waals surface area contributed by atoms with Crippen molar-refractivity contribution in [3.63, 3.8) is 0 Å². The number of nitrogens with one attached hydrogen (secondary N) is 1. The Labute approximate surface area is 201 Å². The molecule has 2 aromatic rings. The van der Waals surface area contributed by atoms with Gasteiger partial charge in [0.1, 0.15) is 6.04 Å². The highest BCUT2D eigenvalue weighted by Gasteiger charge is 2.30. The average Bonchev–Trinajstić information content (AvgIpc) is 2.78. The van der Waals surface area contributed by atoms with E-state index in [2.05, 4.69) is 5.32 Å². The minimum absolute atomic E-state index is 0.0369. The zero-order chi connectivity index (χ0) is 24.8. The van der Waals surface area contributed by atoms with E-state index in [-0.39, 0.29) is 23.4 Å². The third-order valence-corrected chi connectivity index (χ3v) is 7.59. The van der Waals surface area contributed by atoms with Gasteiger partial charge in [-0.25, -0.2) is 8.42 Å². The Hall–Kier alpha value is -2.42. The molecule has 9 heteroatoms. The molecule has 0 aliphatic rings. The van der Waals surface area contributed by atoms with Crippen molar-refractivity contribution in [2.75, 3.05) is 13.6 Å². The largest absolute Gasteiger partial charge is 0.352 e. The van der Waals surface area contributed by atoms with Crippen molar-refractivity contribution in [2.45, 2.75) is 57.6 Å². The lowest BCUT2D eigenvalue weighted by atomic mass is 10.1. The highest BCUT2D eigenvalue weighted by atomic mass is 35.5. The van der Waals surface area contributed by atoms with Crippen LogP contribution in [0.3, 0.4) is 0 Å². The second-order valence-electron chi connectivity index (χ2n) is 8.22. The number of nitrogens with zero attached hydrogens (tertiary/aromatic N) is 2. The minimum atomic E-state index is -3.91. The molecule has 0 aromatic heterocycles. The van der Waals surface area contributed by atoms with Crippen LogP contribution in [0.1, 0.15) is 38.3 Å². The van der Waals surface area contributed by atoms with Crippen molar-refractivity contribution in [2.24, 2.45) is 0 Å². The fraction of sp³-hybridized carbons (Fsp3) is 0.417. The number of benzene rings is 2. The van der Waals surface area contributed by atoms with Crippen molar-refractivity contribution in [1.82, 2.24) is 14.5 Å². The first-order valence-electron chi connectivity index (χ1n) is 10.8. The highest BCUT2D eigenvalue weighted by Crippen LogP contribution is 2.18. The van der Waals surface area contributed by atoms with Crippen molar-refractivity contribution in [3.8, 4) is 0 Å². The van der Waals surface area contributed by atoms with E-state index < -0.39 is 28.5 Å². The molecule has 2 rings (SSSR count). The Kier molecular flexibility index (Phi) is 9.46. The molecule has 0 radical (unpaired) electrons. The Bertz CT molecular complexity index is 1060. The van der Waals surface area contributed by atoms with Crippen LogP contribution in [0.25, 0.3) is 0 Å². The maximum Gasteiger partial charge on any atom is 0.243 e. The van der Waals surface area contributed by atoms with Gasteiger partial charge in [-0.2, -0.15) is 4.31 Å². The first-order chi connectivity index (χ1) is 15.4. The van der Waals surface area contributed by atoms with E-state index in [9.17, 15) is 18.0 Å². The van der Waals surface area contributed by atoms with Crippen molar-refractivity contribution in [3.05, 3.63) is 64.7 Å². The minimum Gasteiger partial charge on any atom is -0.352 e. The van der Waals surface area contributed by atoms with Gasteiger partial charge in [-0.3, -0.25) is 9.59 Å². The SMILES string of the molecule is CC[C@@H](C)NC(=O)[C@H](C)N(Cc1ccc(C)cc1)C(=O)CN(C)S(=O)(=O)c1ccc(Cl)cc1. The van der Waals surface area contributed by atoms with Crippen LogP contribution < -0.4 is 5.32 Å². The van der Waals surface area contributed by atoms with Crippen molar-refractivity contribution in [1.29, 1.82) is 0 Å². The normalized spacial score (nSPS) is 13.4. The summed E-state index contributed by atoms with van der Waals surface area (Å²) in [5, 5.41) is 3.31. The Morgan fingerprint density at radius 3 is 2.15 bits per heavy atom. The van der Waals surface area contributed by atoms with E-state index in [1.807, 2.05) is 45.0 Å². The molecule has 0 bridgehead atoms. The first-order valence-corrected chi connectivity index (χ1v) is 12.6. The van der Waals surface area contributed by atoms with Crippen LogP contribution in [0.15, 0.2) is 53.4 Å². The highest BCUT2D eigenvalue weighted by molar-refractivity contribution is 7.89. The van der Waals surface area contributed by atoms with E-state index in [4.69, 9.17) is 11.6 Å². The number of halogens is 1. The Morgan fingerprint density at radius 1 is 1.03 bits per heavy atom. The second kappa shape index (κ2) is 11.6. The molecule has 0 aliphatic heterocycles. The van der Waals surface area contributed by atoms with Gasteiger partial charge < -0.3 is 10.2 Å². The van der Waals surface area contributed by atoms with Gasteiger partial charge in [-0.05, 0) is 57.0 Å². The molecule has 0 fully saturated rings. The third kappa shape index (κ3) is 7.28. The van der Waals surface area contributed by atoms with Gasteiger partial charge >= 0.3 is 0 Å². The maximum atomic E-state index is 13.3. The Balaban J connectivity index is 2.26. The summed E-state index contributed by atoms with van der Waals surface area (Å²) in [4.78, 5) is 27.5. The van der Waals surface area contributed by atoms with Crippen LogP contribution in [0.2, 0.25) is 5.02 Å². The molecule has 2 amide bonds. The van der Waals surface area contributed by atoms with Gasteiger partial charge in [-0.1, -0.05) is 48.4 Å². The van der Waals surface area contributed by atoms with E-state index >= 15 is 0 Å². The number of amides is 2. The molecule has 0 unspecified atom stereocenters. The van der Waals surface area contributed by atoms with E-state index in [0.29, 0.717) is 5.02 Å². The summed E-state index contributed by atoms with van der Waals surface area (Å²) >= 11 is 5.86. The summed E-state index contributed by atoms with van der Waals surface area (Å²) in [6.07, 6.45) is 0.756. The summed E-state index contributed by atoms with van der Waals surface area (Å²) < 4.78 is 26.8. The number of likely N-dealkylation sites (N-methyl/N-ethyl adjacent to an activating group) is 1. The summed E-state index contributed by atoms with van der Waals surface area (Å²) in [7, 11) is -2.56. The number of hydrogen-bond acceptors (Lipinski definition) is 4. The maximum absolute atomic E-state index is 13.3. The van der Waals surface area contributed by atoms with Gasteiger partial charge in [0.2, 0.25) is 21.8 Å². The number of carbonyl (C=O) groups excluding carboxylic acids is 2. The molecule has 0 heterocycles. The van der Waals surface area contributed by atoms with Crippen molar-refractivity contribution < 1.29 is 18.0 Å². The zero-order valence-electron chi connectivity index (χ0n) is 19.7. The van der Waals surface area contributed by atoms with Gasteiger partial charge in [0.25, 0.3) is 0 Å². The van der Waals surface area contributed by atoms with Crippen LogP contribution in [0.4, 0.5) is 0 Å². The van der Waals surface area contributed by atoms with Crippen LogP contribution in [-0.4, -0.2) is 55.1 Å². The number of aryl methyl sites for hydroxylation is 1. The topological polar surface area (TPSA) is 86.8 Å². The van der Waals surface area contributed by atoms with Crippen LogP contribution in [-0.2, 0) is 26.2 Å². The summed E-state index contributed by atoms with van der Waals surface area (Å²) in [6, 6.07) is 12.6. The lowest BCUT2D eigenvalue weighted by molar-refractivity contribution is -0.140. The quantitative estimate of drug-likeness (QED) is 0.547. The van der Waals surface area contributed by atoms with Crippen LogP contribution >= 0.6 is 11.6 Å². The van der Waals surface area contributed by atoms with E-state index in [1.54, 1.807) is 6.92 Å². The standard InChI is InChI=1S/C24H32ClN3O4S/c1-6-18(3)26-24(30)19(4)28(15-20-9-7-17(2)8-10-20)23(29)16-27(5)33(31,32)22-13-11-21(25)12-14-22/h7-14,18-19H,6,15-16H2,1-5H3,(H,26,30)/t18-,19+/m1/s1. The molecular formula is C24H32ClN3O4S. The number of carbonyl (C=O) groups is 2. The second-order valence-corrected chi connectivity index (χ2v) is 10.7. The molecule has 0 saturated heterocycles. The molecule has 7 nitrogen and oxygen atoms in total. The molecule has 0 saturated carbocycles. The van der Waals surface area contributed by atoms with Crippen LogP contribution in [0, 0.1) is 6.92 Å². The lowest BCUT2D eigenvalue weighted by Gasteiger charge is -2.31. The third-order valence-electron chi connectivity index (χ3n) is 5.52. The number of sulfonamides is 1.